The summed E-state index contributed by atoms with van der Waals surface area (Å²) >= 11 is 6.03. The highest BCUT2D eigenvalue weighted by atomic mass is 35.5. The molecule has 2 fully saturated rings. The summed E-state index contributed by atoms with van der Waals surface area (Å²) in [6.07, 6.45) is 2.25. The third-order valence-corrected chi connectivity index (χ3v) is 5.84. The third-order valence-electron chi connectivity index (χ3n) is 5.61. The second-order valence-corrected chi connectivity index (χ2v) is 7.96. The fourth-order valence-corrected chi connectivity index (χ4v) is 3.87. The van der Waals surface area contributed by atoms with E-state index in [2.05, 4.69) is 15.1 Å². The number of piperazine rings is 1. The van der Waals surface area contributed by atoms with E-state index >= 15 is 0 Å². The minimum atomic E-state index is -0.222. The van der Waals surface area contributed by atoms with Crippen molar-refractivity contribution in [1.82, 2.24) is 14.7 Å². The zero-order valence-electron chi connectivity index (χ0n) is 16.2. The number of benzene rings is 1. The lowest BCUT2D eigenvalue weighted by Gasteiger charge is -2.37. The van der Waals surface area contributed by atoms with E-state index < -0.39 is 0 Å². The Balaban J connectivity index is 1.47. The first-order chi connectivity index (χ1) is 12.9. The molecular formula is C20H29ClN4O2. The summed E-state index contributed by atoms with van der Waals surface area (Å²) in [6.45, 7) is 9.38. The Kier molecular flexibility index (Phi) is 6.73. The number of hydrogen-bond acceptors (Lipinski definition) is 4. The molecule has 0 bridgehead atoms. The van der Waals surface area contributed by atoms with Crippen LogP contribution in [0.1, 0.15) is 25.3 Å². The molecule has 2 aliphatic heterocycles. The summed E-state index contributed by atoms with van der Waals surface area (Å²) in [7, 11) is 0. The Hall–Kier alpha value is -1.63. The molecule has 0 aromatic heterocycles. The molecule has 3 rings (SSSR count). The van der Waals surface area contributed by atoms with E-state index in [4.69, 9.17) is 11.6 Å². The molecule has 0 unspecified atom stereocenters. The van der Waals surface area contributed by atoms with Crippen LogP contribution in [0.25, 0.3) is 0 Å². The Labute approximate surface area is 166 Å². The molecule has 148 valence electrons. The number of amides is 2. The smallest absolute Gasteiger partial charge is 0.241 e. The van der Waals surface area contributed by atoms with Crippen molar-refractivity contribution in [2.24, 2.45) is 0 Å². The van der Waals surface area contributed by atoms with Gasteiger partial charge in [0.25, 0.3) is 0 Å². The zero-order valence-corrected chi connectivity index (χ0v) is 17.0. The second-order valence-electron chi connectivity index (χ2n) is 7.52. The van der Waals surface area contributed by atoms with Crippen molar-refractivity contribution in [3.8, 4) is 0 Å². The van der Waals surface area contributed by atoms with Crippen LogP contribution >= 0.6 is 11.6 Å². The zero-order chi connectivity index (χ0) is 19.4. The molecule has 1 N–H and O–H groups in total. The number of likely N-dealkylation sites (tertiary alicyclic amines) is 1. The molecule has 6 nitrogen and oxygen atoms in total. The lowest BCUT2D eigenvalue weighted by molar-refractivity contribution is -0.132. The van der Waals surface area contributed by atoms with Gasteiger partial charge < -0.3 is 10.2 Å². The lowest BCUT2D eigenvalue weighted by Crippen LogP contribution is -2.54. The Morgan fingerprint density at radius 2 is 1.78 bits per heavy atom. The van der Waals surface area contributed by atoms with Crippen molar-refractivity contribution in [2.75, 3.05) is 51.1 Å². The first-order valence-electron chi connectivity index (χ1n) is 9.75. The number of carbonyl (C=O) groups is 2. The molecule has 0 saturated carbocycles. The number of aryl methyl sites for hydroxylation is 1. The van der Waals surface area contributed by atoms with Gasteiger partial charge in [0, 0.05) is 50.0 Å². The molecule has 27 heavy (non-hydrogen) atoms. The fraction of sp³-hybridized carbons (Fsp3) is 0.600. The van der Waals surface area contributed by atoms with Crippen molar-refractivity contribution in [3.63, 3.8) is 0 Å². The van der Waals surface area contributed by atoms with Crippen LogP contribution < -0.4 is 5.32 Å². The predicted molar refractivity (Wildman–Crippen MR) is 108 cm³/mol. The fourth-order valence-electron chi connectivity index (χ4n) is 3.70. The topological polar surface area (TPSA) is 55.9 Å². The van der Waals surface area contributed by atoms with Gasteiger partial charge in [0.1, 0.15) is 0 Å². The summed E-state index contributed by atoms with van der Waals surface area (Å²) in [5.74, 6) is 0.213. The lowest BCUT2D eigenvalue weighted by atomic mass is 10.1. The largest absolute Gasteiger partial charge is 0.342 e. The van der Waals surface area contributed by atoms with Gasteiger partial charge in [-0.2, -0.15) is 0 Å². The van der Waals surface area contributed by atoms with E-state index in [1.165, 1.54) is 0 Å². The van der Waals surface area contributed by atoms with Crippen molar-refractivity contribution in [3.05, 3.63) is 28.8 Å². The van der Waals surface area contributed by atoms with Crippen molar-refractivity contribution in [1.29, 1.82) is 0 Å². The summed E-state index contributed by atoms with van der Waals surface area (Å²) in [5, 5.41) is 3.60. The molecule has 0 spiro atoms. The van der Waals surface area contributed by atoms with Crippen molar-refractivity contribution in [2.45, 2.75) is 32.7 Å². The standard InChI is InChI=1S/C20H29ClN4O2/c1-15-5-6-17(21)13-18(15)22-20(27)16(2)24-11-9-23(10-12-24)14-19(26)25-7-3-4-8-25/h5-6,13,16H,3-4,7-12,14H2,1-2H3,(H,22,27)/t16-/m0/s1. The number of rotatable bonds is 5. The number of carbonyl (C=O) groups excluding carboxylic acids is 2. The number of halogens is 1. The minimum absolute atomic E-state index is 0.0260. The van der Waals surface area contributed by atoms with E-state index in [1.54, 1.807) is 6.07 Å². The molecule has 1 aromatic rings. The highest BCUT2D eigenvalue weighted by Gasteiger charge is 2.28. The van der Waals surface area contributed by atoms with E-state index in [9.17, 15) is 9.59 Å². The van der Waals surface area contributed by atoms with Gasteiger partial charge in [-0.15, -0.1) is 0 Å². The molecule has 2 heterocycles. The van der Waals surface area contributed by atoms with Gasteiger partial charge in [-0.3, -0.25) is 19.4 Å². The van der Waals surface area contributed by atoms with E-state index in [-0.39, 0.29) is 17.9 Å². The maximum Gasteiger partial charge on any atom is 0.241 e. The highest BCUT2D eigenvalue weighted by Crippen LogP contribution is 2.21. The molecular weight excluding hydrogens is 364 g/mol. The van der Waals surface area contributed by atoms with E-state index in [0.29, 0.717) is 11.6 Å². The summed E-state index contributed by atoms with van der Waals surface area (Å²) in [5.41, 5.74) is 1.75. The van der Waals surface area contributed by atoms with Gasteiger partial charge in [-0.05, 0) is 44.4 Å². The first kappa shape index (κ1) is 20.1. The van der Waals surface area contributed by atoms with Crippen LogP contribution in [0.2, 0.25) is 5.02 Å². The van der Waals surface area contributed by atoms with E-state index in [0.717, 1.165) is 63.4 Å². The number of nitrogens with one attached hydrogen (secondary N) is 1. The Morgan fingerprint density at radius 1 is 1.11 bits per heavy atom. The molecule has 2 saturated heterocycles. The van der Waals surface area contributed by atoms with Gasteiger partial charge in [-0.1, -0.05) is 17.7 Å². The maximum absolute atomic E-state index is 12.6. The Morgan fingerprint density at radius 3 is 2.44 bits per heavy atom. The van der Waals surface area contributed by atoms with Gasteiger partial charge >= 0.3 is 0 Å². The summed E-state index contributed by atoms with van der Waals surface area (Å²) < 4.78 is 0. The van der Waals surface area contributed by atoms with Gasteiger partial charge in [0.15, 0.2) is 0 Å². The highest BCUT2D eigenvalue weighted by molar-refractivity contribution is 6.31. The predicted octanol–water partition coefficient (Wildman–Crippen LogP) is 2.22. The Bertz CT molecular complexity index is 683. The van der Waals surface area contributed by atoms with Crippen molar-refractivity contribution >= 4 is 29.1 Å². The minimum Gasteiger partial charge on any atom is -0.342 e. The quantitative estimate of drug-likeness (QED) is 0.834. The van der Waals surface area contributed by atoms with Crippen LogP contribution in [0.3, 0.4) is 0 Å². The third kappa shape index (κ3) is 5.21. The summed E-state index contributed by atoms with van der Waals surface area (Å²) in [4.78, 5) is 31.3. The van der Waals surface area contributed by atoms with Crippen molar-refractivity contribution < 1.29 is 9.59 Å². The van der Waals surface area contributed by atoms with Crippen LogP contribution in [0.4, 0.5) is 5.69 Å². The van der Waals surface area contributed by atoms with Crippen LogP contribution in [0.15, 0.2) is 18.2 Å². The summed E-state index contributed by atoms with van der Waals surface area (Å²) in [6, 6.07) is 5.28. The molecule has 1 aromatic carbocycles. The monoisotopic (exact) mass is 392 g/mol. The molecule has 2 aliphatic rings. The normalized spacial score (nSPS) is 19.9. The van der Waals surface area contributed by atoms with E-state index in [1.807, 2.05) is 30.9 Å². The van der Waals surface area contributed by atoms with Gasteiger partial charge in [0.2, 0.25) is 11.8 Å². The van der Waals surface area contributed by atoms with Crippen LogP contribution in [0, 0.1) is 6.92 Å². The van der Waals surface area contributed by atoms with Gasteiger partial charge in [0.05, 0.1) is 12.6 Å². The van der Waals surface area contributed by atoms with Crippen LogP contribution in [-0.4, -0.2) is 78.4 Å². The van der Waals surface area contributed by atoms with Gasteiger partial charge in [-0.25, -0.2) is 0 Å². The first-order valence-corrected chi connectivity index (χ1v) is 10.1. The van der Waals surface area contributed by atoms with Crippen LogP contribution in [0.5, 0.6) is 0 Å². The number of hydrogen-bond donors (Lipinski definition) is 1. The number of anilines is 1. The molecule has 7 heteroatoms. The second kappa shape index (κ2) is 9.04. The molecule has 0 aliphatic carbocycles. The molecule has 0 radical (unpaired) electrons. The number of nitrogens with zero attached hydrogens (tertiary/aromatic N) is 3. The van der Waals surface area contributed by atoms with Crippen LogP contribution in [-0.2, 0) is 9.59 Å². The SMILES string of the molecule is Cc1ccc(Cl)cc1NC(=O)[C@H](C)N1CCN(CC(=O)N2CCCC2)CC1. The average Bonchev–Trinajstić information content (AvgIpc) is 3.19. The average molecular weight is 393 g/mol. The molecule has 2 amide bonds. The maximum atomic E-state index is 12.6. The molecule has 1 atom stereocenters.